The molecule has 2 heteroatoms. The van der Waals surface area contributed by atoms with E-state index in [2.05, 4.69) is 20.8 Å². The van der Waals surface area contributed by atoms with Gasteiger partial charge in [-0.1, -0.05) is 40.0 Å². The van der Waals surface area contributed by atoms with Gasteiger partial charge in [0.15, 0.2) is 0 Å². The molecular formula is C10H24OSi. The summed E-state index contributed by atoms with van der Waals surface area (Å²) in [5.74, 6) is 1.73. The van der Waals surface area contributed by atoms with Crippen molar-refractivity contribution in [2.75, 3.05) is 6.61 Å². The van der Waals surface area contributed by atoms with Crippen molar-refractivity contribution in [2.45, 2.75) is 46.5 Å². The molecule has 0 saturated carbocycles. The van der Waals surface area contributed by atoms with Crippen LogP contribution >= 0.6 is 0 Å². The highest BCUT2D eigenvalue weighted by Gasteiger charge is 2.01. The minimum atomic E-state index is 0.859. The van der Waals surface area contributed by atoms with Crippen LogP contribution in [-0.4, -0.2) is 17.1 Å². The van der Waals surface area contributed by atoms with Gasteiger partial charge < -0.3 is 4.43 Å². The lowest BCUT2D eigenvalue weighted by atomic mass is 9.98. The van der Waals surface area contributed by atoms with Gasteiger partial charge in [-0.05, 0) is 18.3 Å². The van der Waals surface area contributed by atoms with Crippen LogP contribution in [0, 0.1) is 11.8 Å². The number of hydrogen-bond acceptors (Lipinski definition) is 1. The average molecular weight is 188 g/mol. The van der Waals surface area contributed by atoms with Crippen LogP contribution in [0.25, 0.3) is 0 Å². The van der Waals surface area contributed by atoms with Gasteiger partial charge in [0.1, 0.15) is 10.5 Å². The minimum Gasteiger partial charge on any atom is -0.428 e. The Balaban J connectivity index is 3.13. The van der Waals surface area contributed by atoms with Gasteiger partial charge in [0.05, 0.1) is 0 Å². The Morgan fingerprint density at radius 2 is 1.75 bits per heavy atom. The van der Waals surface area contributed by atoms with E-state index in [1.165, 1.54) is 25.7 Å². The molecule has 0 bridgehead atoms. The van der Waals surface area contributed by atoms with E-state index in [0.717, 1.165) is 28.9 Å². The minimum absolute atomic E-state index is 0.859. The van der Waals surface area contributed by atoms with Crippen LogP contribution in [0.3, 0.4) is 0 Å². The van der Waals surface area contributed by atoms with E-state index >= 15 is 0 Å². The van der Waals surface area contributed by atoms with Crippen molar-refractivity contribution in [2.24, 2.45) is 11.8 Å². The fourth-order valence-corrected chi connectivity index (χ4v) is 1.57. The molecule has 1 unspecified atom stereocenters. The van der Waals surface area contributed by atoms with Gasteiger partial charge in [0.25, 0.3) is 0 Å². The predicted molar refractivity (Wildman–Crippen MR) is 58.4 cm³/mol. The maximum Gasteiger partial charge on any atom is 0.145 e. The zero-order chi connectivity index (χ0) is 9.40. The molecular weight excluding hydrogens is 164 g/mol. The van der Waals surface area contributed by atoms with Crippen molar-refractivity contribution in [3.8, 4) is 0 Å². The highest BCUT2D eigenvalue weighted by molar-refractivity contribution is 5.97. The Kier molecular flexibility index (Phi) is 7.92. The largest absolute Gasteiger partial charge is 0.428 e. The molecule has 0 aromatic rings. The second-order valence-corrected chi connectivity index (χ2v) is 4.79. The summed E-state index contributed by atoms with van der Waals surface area (Å²) in [6.45, 7) is 7.91. The van der Waals surface area contributed by atoms with E-state index in [1.54, 1.807) is 0 Å². The van der Waals surface area contributed by atoms with Gasteiger partial charge in [-0.15, -0.1) is 0 Å². The summed E-state index contributed by atoms with van der Waals surface area (Å²) in [6, 6.07) is 0. The Hall–Kier alpha value is 0.177. The molecule has 0 fully saturated rings. The summed E-state index contributed by atoms with van der Waals surface area (Å²) in [4.78, 5) is 0. The summed E-state index contributed by atoms with van der Waals surface area (Å²) in [7, 11) is 0.897. The van der Waals surface area contributed by atoms with E-state index in [0.29, 0.717) is 0 Å². The number of rotatable bonds is 7. The highest BCUT2D eigenvalue weighted by atomic mass is 28.2. The SMILES string of the molecule is CC(C)CCCC(C)CCO[SiH3]. The molecule has 0 aliphatic heterocycles. The second-order valence-electron chi connectivity index (χ2n) is 4.21. The topological polar surface area (TPSA) is 9.23 Å². The lowest BCUT2D eigenvalue weighted by Gasteiger charge is -2.11. The molecule has 0 aromatic heterocycles. The average Bonchev–Trinajstić information content (AvgIpc) is 2.00. The van der Waals surface area contributed by atoms with Crippen molar-refractivity contribution in [3.05, 3.63) is 0 Å². The molecule has 0 amide bonds. The standard InChI is InChI=1S/C10H24OSi/c1-9(2)5-4-6-10(3)7-8-11-12/h9-10H,4-8H2,1-3,12H3. The van der Waals surface area contributed by atoms with Gasteiger partial charge in [0, 0.05) is 6.61 Å². The van der Waals surface area contributed by atoms with Crippen molar-refractivity contribution >= 4 is 10.5 Å². The van der Waals surface area contributed by atoms with Gasteiger partial charge in [-0.3, -0.25) is 0 Å². The molecule has 12 heavy (non-hydrogen) atoms. The fourth-order valence-electron chi connectivity index (χ4n) is 1.34. The van der Waals surface area contributed by atoms with E-state index in [-0.39, 0.29) is 0 Å². The lowest BCUT2D eigenvalue weighted by molar-refractivity contribution is 0.297. The van der Waals surface area contributed by atoms with Crippen LogP contribution in [0.15, 0.2) is 0 Å². The molecule has 0 spiro atoms. The Labute approximate surface area is 80.4 Å². The van der Waals surface area contributed by atoms with Gasteiger partial charge in [-0.25, -0.2) is 0 Å². The normalized spacial score (nSPS) is 14.0. The first-order valence-corrected chi connectivity index (χ1v) is 5.97. The third kappa shape index (κ3) is 8.28. The Morgan fingerprint density at radius 1 is 1.08 bits per heavy atom. The zero-order valence-corrected chi connectivity index (χ0v) is 11.1. The third-order valence-corrected chi connectivity index (χ3v) is 2.70. The van der Waals surface area contributed by atoms with Crippen LogP contribution in [0.2, 0.25) is 0 Å². The van der Waals surface area contributed by atoms with Crippen LogP contribution in [0.5, 0.6) is 0 Å². The molecule has 0 saturated heterocycles. The summed E-state index contributed by atoms with van der Waals surface area (Å²) in [5, 5.41) is 0. The third-order valence-electron chi connectivity index (χ3n) is 2.29. The fraction of sp³-hybridized carbons (Fsp3) is 1.00. The maximum atomic E-state index is 5.18. The molecule has 0 rings (SSSR count). The second kappa shape index (κ2) is 7.81. The molecule has 1 nitrogen and oxygen atoms in total. The highest BCUT2D eigenvalue weighted by Crippen LogP contribution is 2.14. The molecule has 1 atom stereocenters. The van der Waals surface area contributed by atoms with Gasteiger partial charge in [-0.2, -0.15) is 0 Å². The molecule has 0 heterocycles. The monoisotopic (exact) mass is 188 g/mol. The Bertz CT molecular complexity index is 93.8. The zero-order valence-electron chi connectivity index (χ0n) is 9.10. The smallest absolute Gasteiger partial charge is 0.145 e. The van der Waals surface area contributed by atoms with Crippen LogP contribution in [0.4, 0.5) is 0 Å². The summed E-state index contributed by atoms with van der Waals surface area (Å²) >= 11 is 0. The molecule has 0 radical (unpaired) electrons. The van der Waals surface area contributed by atoms with E-state index < -0.39 is 0 Å². The van der Waals surface area contributed by atoms with Gasteiger partial charge >= 0.3 is 0 Å². The van der Waals surface area contributed by atoms with Crippen molar-refractivity contribution < 1.29 is 4.43 Å². The van der Waals surface area contributed by atoms with Gasteiger partial charge in [0.2, 0.25) is 0 Å². The summed E-state index contributed by atoms with van der Waals surface area (Å²) in [5.41, 5.74) is 0. The molecule has 74 valence electrons. The first kappa shape index (κ1) is 12.2. The van der Waals surface area contributed by atoms with Crippen molar-refractivity contribution in [1.29, 1.82) is 0 Å². The van der Waals surface area contributed by atoms with E-state index in [4.69, 9.17) is 4.43 Å². The summed E-state index contributed by atoms with van der Waals surface area (Å²) < 4.78 is 5.18. The van der Waals surface area contributed by atoms with E-state index in [1.807, 2.05) is 0 Å². The van der Waals surface area contributed by atoms with Crippen LogP contribution < -0.4 is 0 Å². The van der Waals surface area contributed by atoms with Crippen LogP contribution in [0.1, 0.15) is 46.5 Å². The first-order valence-electron chi connectivity index (χ1n) is 5.15. The number of hydrogen-bond donors (Lipinski definition) is 0. The molecule has 0 aliphatic carbocycles. The quantitative estimate of drug-likeness (QED) is 0.556. The van der Waals surface area contributed by atoms with Crippen LogP contribution in [-0.2, 0) is 4.43 Å². The van der Waals surface area contributed by atoms with Crippen molar-refractivity contribution in [3.63, 3.8) is 0 Å². The lowest BCUT2D eigenvalue weighted by Crippen LogP contribution is -2.01. The molecule has 0 N–H and O–H groups in total. The molecule has 0 aliphatic rings. The summed E-state index contributed by atoms with van der Waals surface area (Å²) in [6.07, 6.45) is 5.40. The maximum absolute atomic E-state index is 5.18. The Morgan fingerprint density at radius 3 is 2.25 bits per heavy atom. The van der Waals surface area contributed by atoms with Crippen molar-refractivity contribution in [1.82, 2.24) is 0 Å². The van der Waals surface area contributed by atoms with E-state index in [9.17, 15) is 0 Å². The predicted octanol–water partition coefficient (Wildman–Crippen LogP) is 2.14. The molecule has 0 aromatic carbocycles. The first-order chi connectivity index (χ1) is 5.66.